The highest BCUT2D eigenvalue weighted by atomic mass is 19.4. The molecule has 3 rings (SSSR count). The molecule has 2 unspecified atom stereocenters. The third kappa shape index (κ3) is 3.80. The first-order chi connectivity index (χ1) is 11.5. The van der Waals surface area contributed by atoms with Crippen LogP contribution in [0.15, 0.2) is 24.3 Å². The summed E-state index contributed by atoms with van der Waals surface area (Å²) in [7, 11) is 0. The SMILES string of the molecule is CC(C)(C)OC(=O)N1C2C=C(c3cccc(C(F)(F)F)n3)CC1CC2. The third-order valence-corrected chi connectivity index (χ3v) is 4.37. The Morgan fingerprint density at radius 2 is 1.96 bits per heavy atom. The second-order valence-electron chi connectivity index (χ2n) is 7.49. The highest BCUT2D eigenvalue weighted by Gasteiger charge is 2.42. The van der Waals surface area contributed by atoms with Gasteiger partial charge in [-0.2, -0.15) is 13.2 Å². The molecule has 2 aliphatic rings. The van der Waals surface area contributed by atoms with Crippen molar-refractivity contribution >= 4 is 11.7 Å². The molecule has 0 saturated carbocycles. The lowest BCUT2D eigenvalue weighted by molar-refractivity contribution is -0.141. The maximum atomic E-state index is 12.9. The van der Waals surface area contributed by atoms with Crippen LogP contribution in [0.4, 0.5) is 18.0 Å². The number of ether oxygens (including phenoxy) is 1. The van der Waals surface area contributed by atoms with Crippen LogP contribution in [0.25, 0.3) is 5.57 Å². The van der Waals surface area contributed by atoms with Gasteiger partial charge in [-0.05, 0) is 57.7 Å². The Bertz CT molecular complexity index is 707. The second kappa shape index (κ2) is 6.04. The van der Waals surface area contributed by atoms with E-state index in [4.69, 9.17) is 4.74 Å². The molecule has 7 heteroatoms. The average molecular weight is 354 g/mol. The summed E-state index contributed by atoms with van der Waals surface area (Å²) < 4.78 is 44.1. The van der Waals surface area contributed by atoms with Crippen LogP contribution in [0.5, 0.6) is 0 Å². The first-order valence-corrected chi connectivity index (χ1v) is 8.31. The van der Waals surface area contributed by atoms with Gasteiger partial charge in [-0.3, -0.25) is 4.90 Å². The van der Waals surface area contributed by atoms with E-state index in [9.17, 15) is 18.0 Å². The number of rotatable bonds is 1. The zero-order valence-corrected chi connectivity index (χ0v) is 14.4. The molecule has 1 aromatic rings. The molecule has 136 valence electrons. The number of pyridine rings is 1. The van der Waals surface area contributed by atoms with Gasteiger partial charge in [-0.25, -0.2) is 9.78 Å². The number of alkyl halides is 3. The lowest BCUT2D eigenvalue weighted by Crippen LogP contribution is -2.45. The van der Waals surface area contributed by atoms with Crippen LogP contribution < -0.4 is 0 Å². The van der Waals surface area contributed by atoms with Gasteiger partial charge in [0.05, 0.1) is 11.7 Å². The molecule has 0 aliphatic carbocycles. The van der Waals surface area contributed by atoms with Crippen molar-refractivity contribution in [3.63, 3.8) is 0 Å². The minimum atomic E-state index is -4.47. The lowest BCUT2D eigenvalue weighted by Gasteiger charge is -2.35. The van der Waals surface area contributed by atoms with Crippen molar-refractivity contribution in [2.75, 3.05) is 0 Å². The zero-order valence-electron chi connectivity index (χ0n) is 14.4. The molecular weight excluding hydrogens is 333 g/mol. The summed E-state index contributed by atoms with van der Waals surface area (Å²) in [6.07, 6.45) is -0.894. The van der Waals surface area contributed by atoms with Crippen LogP contribution in [-0.2, 0) is 10.9 Å². The largest absolute Gasteiger partial charge is 0.444 e. The molecule has 0 radical (unpaired) electrons. The summed E-state index contributed by atoms with van der Waals surface area (Å²) in [6.45, 7) is 5.43. The summed E-state index contributed by atoms with van der Waals surface area (Å²) in [5.74, 6) is 0. The van der Waals surface area contributed by atoms with Crippen LogP contribution >= 0.6 is 0 Å². The minimum Gasteiger partial charge on any atom is -0.444 e. The van der Waals surface area contributed by atoms with Crippen molar-refractivity contribution < 1.29 is 22.7 Å². The van der Waals surface area contributed by atoms with Gasteiger partial charge in [-0.15, -0.1) is 0 Å². The van der Waals surface area contributed by atoms with Crippen LogP contribution in [-0.4, -0.2) is 33.7 Å². The van der Waals surface area contributed by atoms with Gasteiger partial charge < -0.3 is 4.74 Å². The maximum Gasteiger partial charge on any atom is 0.433 e. The van der Waals surface area contributed by atoms with Crippen molar-refractivity contribution in [3.8, 4) is 0 Å². The summed E-state index contributed by atoms with van der Waals surface area (Å²) in [5.41, 5.74) is -0.384. The normalized spacial score (nSPS) is 23.4. The summed E-state index contributed by atoms with van der Waals surface area (Å²) in [6, 6.07) is 3.71. The van der Waals surface area contributed by atoms with E-state index in [2.05, 4.69) is 4.98 Å². The fraction of sp³-hybridized carbons (Fsp3) is 0.556. The van der Waals surface area contributed by atoms with E-state index < -0.39 is 17.5 Å². The fourth-order valence-corrected chi connectivity index (χ4v) is 3.39. The van der Waals surface area contributed by atoms with Crippen LogP contribution in [0.1, 0.15) is 51.4 Å². The molecule has 3 heterocycles. The van der Waals surface area contributed by atoms with E-state index in [1.807, 2.05) is 26.8 Å². The maximum absolute atomic E-state index is 12.9. The minimum absolute atomic E-state index is 0.0591. The van der Waals surface area contributed by atoms with Gasteiger partial charge in [0, 0.05) is 6.04 Å². The predicted octanol–water partition coefficient (Wildman–Crippen LogP) is 4.66. The third-order valence-electron chi connectivity index (χ3n) is 4.37. The van der Waals surface area contributed by atoms with Crippen molar-refractivity contribution in [2.45, 2.75) is 63.9 Å². The molecule has 2 aliphatic heterocycles. The highest BCUT2D eigenvalue weighted by Crippen LogP contribution is 2.39. The van der Waals surface area contributed by atoms with E-state index in [0.29, 0.717) is 12.1 Å². The van der Waals surface area contributed by atoms with E-state index in [1.165, 1.54) is 6.07 Å². The average Bonchev–Trinajstić information content (AvgIpc) is 2.75. The first-order valence-electron chi connectivity index (χ1n) is 8.31. The molecule has 1 aromatic heterocycles. The summed E-state index contributed by atoms with van der Waals surface area (Å²) in [5, 5.41) is 0. The van der Waals surface area contributed by atoms with E-state index in [0.717, 1.165) is 24.5 Å². The Kier molecular flexibility index (Phi) is 4.29. The molecule has 0 spiro atoms. The van der Waals surface area contributed by atoms with Crippen molar-refractivity contribution in [1.82, 2.24) is 9.88 Å². The van der Waals surface area contributed by atoms with Gasteiger partial charge in [0.1, 0.15) is 11.3 Å². The van der Waals surface area contributed by atoms with Crippen molar-refractivity contribution in [1.29, 1.82) is 0 Å². The summed E-state index contributed by atoms with van der Waals surface area (Å²) >= 11 is 0. The fourth-order valence-electron chi connectivity index (χ4n) is 3.39. The number of hydrogen-bond acceptors (Lipinski definition) is 3. The number of carbonyl (C=O) groups is 1. The number of amides is 1. The standard InChI is InChI=1S/C18H21F3N2O2/c1-17(2,3)25-16(24)23-12-7-8-13(23)10-11(9-12)14-5-4-6-15(22-14)18(19,20)21/h4-6,9,12-13H,7-8,10H2,1-3H3. The predicted molar refractivity (Wildman–Crippen MR) is 86.7 cm³/mol. The molecule has 1 saturated heterocycles. The van der Waals surface area contributed by atoms with E-state index >= 15 is 0 Å². The molecule has 25 heavy (non-hydrogen) atoms. The molecule has 1 amide bonds. The van der Waals surface area contributed by atoms with Gasteiger partial charge in [-0.1, -0.05) is 12.1 Å². The van der Waals surface area contributed by atoms with Gasteiger partial charge >= 0.3 is 12.3 Å². The quantitative estimate of drug-likeness (QED) is 0.737. The molecular formula is C18H21F3N2O2. The monoisotopic (exact) mass is 354 g/mol. The Morgan fingerprint density at radius 3 is 2.56 bits per heavy atom. The Morgan fingerprint density at radius 1 is 1.24 bits per heavy atom. The number of aromatic nitrogens is 1. The molecule has 4 nitrogen and oxygen atoms in total. The molecule has 2 atom stereocenters. The number of nitrogens with zero attached hydrogens (tertiary/aromatic N) is 2. The van der Waals surface area contributed by atoms with Gasteiger partial charge in [0.2, 0.25) is 0 Å². The number of halogens is 3. The van der Waals surface area contributed by atoms with Gasteiger partial charge in [0.25, 0.3) is 0 Å². The van der Waals surface area contributed by atoms with Crippen molar-refractivity contribution in [3.05, 3.63) is 35.7 Å². The van der Waals surface area contributed by atoms with Crippen LogP contribution in [0.2, 0.25) is 0 Å². The smallest absolute Gasteiger partial charge is 0.433 e. The first kappa shape index (κ1) is 17.8. The molecule has 0 N–H and O–H groups in total. The molecule has 2 bridgehead atoms. The van der Waals surface area contributed by atoms with Gasteiger partial charge in [0.15, 0.2) is 0 Å². The number of hydrogen-bond donors (Lipinski definition) is 0. The second-order valence-corrected chi connectivity index (χ2v) is 7.49. The van der Waals surface area contributed by atoms with E-state index in [1.54, 1.807) is 11.0 Å². The Hall–Kier alpha value is -2.05. The van der Waals surface area contributed by atoms with Crippen LogP contribution in [0.3, 0.4) is 0 Å². The number of carbonyl (C=O) groups excluding carboxylic acids is 1. The van der Waals surface area contributed by atoms with E-state index in [-0.39, 0.29) is 18.2 Å². The lowest BCUT2D eigenvalue weighted by atomic mass is 9.98. The van der Waals surface area contributed by atoms with Crippen molar-refractivity contribution in [2.24, 2.45) is 0 Å². The molecule has 0 aromatic carbocycles. The van der Waals surface area contributed by atoms with Crippen LogP contribution in [0, 0.1) is 0 Å². The molecule has 1 fully saturated rings. The Balaban J connectivity index is 1.84. The zero-order chi connectivity index (χ0) is 18.4. The Labute approximate surface area is 144 Å². The highest BCUT2D eigenvalue weighted by molar-refractivity contribution is 5.74. The summed E-state index contributed by atoms with van der Waals surface area (Å²) in [4.78, 5) is 17.9. The number of fused-ring (bicyclic) bond motifs is 2. The topological polar surface area (TPSA) is 42.4 Å².